The van der Waals surface area contributed by atoms with E-state index in [4.69, 9.17) is 9.47 Å². The molecule has 3 amide bonds. The molecule has 0 saturated carbocycles. The van der Waals surface area contributed by atoms with Crippen molar-refractivity contribution in [3.8, 4) is 11.5 Å². The molecular weight excluding hydrogens is 458 g/mol. The second-order valence-electron chi connectivity index (χ2n) is 8.87. The first-order valence-corrected chi connectivity index (χ1v) is 12.0. The van der Waals surface area contributed by atoms with Crippen LogP contribution in [0.4, 0.5) is 11.4 Å². The predicted octanol–water partition coefficient (Wildman–Crippen LogP) is 3.94. The van der Waals surface area contributed by atoms with Crippen molar-refractivity contribution < 1.29 is 23.9 Å². The summed E-state index contributed by atoms with van der Waals surface area (Å²) < 4.78 is 11.2. The molecule has 1 saturated heterocycles. The molecular formula is C28H27N3O5. The minimum atomic E-state index is -0.551. The second kappa shape index (κ2) is 10.1. The summed E-state index contributed by atoms with van der Waals surface area (Å²) in [6.07, 6.45) is 0.0830. The Morgan fingerprint density at radius 1 is 0.944 bits per heavy atom. The minimum Gasteiger partial charge on any atom is -0.486 e. The topological polar surface area (TPSA) is 97.0 Å². The molecule has 0 aromatic heterocycles. The van der Waals surface area contributed by atoms with Crippen molar-refractivity contribution in [2.24, 2.45) is 5.92 Å². The molecule has 8 heteroatoms. The normalized spacial score (nSPS) is 17.4. The summed E-state index contributed by atoms with van der Waals surface area (Å²) in [7, 11) is 0. The summed E-state index contributed by atoms with van der Waals surface area (Å²) in [5, 5.41) is 5.85. The van der Waals surface area contributed by atoms with Crippen LogP contribution < -0.4 is 25.0 Å². The molecule has 184 valence electrons. The van der Waals surface area contributed by atoms with Crippen LogP contribution in [0.5, 0.6) is 11.5 Å². The van der Waals surface area contributed by atoms with Gasteiger partial charge in [-0.2, -0.15) is 0 Å². The third-order valence-electron chi connectivity index (χ3n) is 6.41. The number of anilines is 2. The van der Waals surface area contributed by atoms with E-state index in [9.17, 15) is 14.4 Å². The molecule has 0 bridgehead atoms. The minimum absolute atomic E-state index is 0.0830. The van der Waals surface area contributed by atoms with Crippen LogP contribution in [0.1, 0.15) is 35.3 Å². The lowest BCUT2D eigenvalue weighted by molar-refractivity contribution is -0.122. The van der Waals surface area contributed by atoms with Gasteiger partial charge in [-0.05, 0) is 36.8 Å². The number of para-hydroxylation sites is 1. The van der Waals surface area contributed by atoms with Gasteiger partial charge in [0.15, 0.2) is 11.5 Å². The molecule has 3 aromatic rings. The van der Waals surface area contributed by atoms with Crippen LogP contribution in [0.3, 0.4) is 0 Å². The molecule has 0 aliphatic carbocycles. The van der Waals surface area contributed by atoms with Gasteiger partial charge in [0, 0.05) is 24.7 Å². The Morgan fingerprint density at radius 2 is 1.67 bits per heavy atom. The Labute approximate surface area is 209 Å². The Bertz CT molecular complexity index is 1290. The smallest absolute Gasteiger partial charge is 0.253 e. The predicted molar refractivity (Wildman–Crippen MR) is 135 cm³/mol. The summed E-state index contributed by atoms with van der Waals surface area (Å²) in [5.74, 6) is -0.0615. The Balaban J connectivity index is 1.26. The number of benzene rings is 3. The molecule has 8 nitrogen and oxygen atoms in total. The van der Waals surface area contributed by atoms with Gasteiger partial charge in [-0.25, -0.2) is 0 Å². The van der Waals surface area contributed by atoms with Gasteiger partial charge in [-0.15, -0.1) is 0 Å². The summed E-state index contributed by atoms with van der Waals surface area (Å²) >= 11 is 0. The number of nitrogens with one attached hydrogen (secondary N) is 2. The monoisotopic (exact) mass is 485 g/mol. The number of rotatable bonds is 6. The van der Waals surface area contributed by atoms with Crippen molar-refractivity contribution >= 4 is 29.1 Å². The van der Waals surface area contributed by atoms with Gasteiger partial charge in [-0.1, -0.05) is 42.5 Å². The zero-order valence-electron chi connectivity index (χ0n) is 19.9. The highest BCUT2D eigenvalue weighted by Crippen LogP contribution is 2.36. The van der Waals surface area contributed by atoms with Crippen LogP contribution in [-0.4, -0.2) is 37.5 Å². The number of carbonyl (C=O) groups excluding carboxylic acids is 3. The maximum Gasteiger partial charge on any atom is 0.253 e. The molecule has 2 aliphatic rings. The lowest BCUT2D eigenvalue weighted by atomic mass is 10.1. The van der Waals surface area contributed by atoms with Crippen LogP contribution in [0.15, 0.2) is 72.8 Å². The first-order chi connectivity index (χ1) is 17.5. The van der Waals surface area contributed by atoms with Gasteiger partial charge in [0.05, 0.1) is 23.2 Å². The van der Waals surface area contributed by atoms with Gasteiger partial charge < -0.3 is 25.0 Å². The van der Waals surface area contributed by atoms with Crippen molar-refractivity contribution in [1.82, 2.24) is 5.32 Å². The fourth-order valence-electron chi connectivity index (χ4n) is 4.46. The van der Waals surface area contributed by atoms with Crippen molar-refractivity contribution in [1.29, 1.82) is 0 Å². The number of hydrogen-bond donors (Lipinski definition) is 2. The summed E-state index contributed by atoms with van der Waals surface area (Å²) in [6.45, 7) is 3.09. The fraction of sp³-hybridized carbons (Fsp3) is 0.250. The van der Waals surface area contributed by atoms with Crippen LogP contribution in [-0.2, 0) is 9.59 Å². The van der Waals surface area contributed by atoms with Gasteiger partial charge in [0.25, 0.3) is 5.91 Å². The zero-order valence-corrected chi connectivity index (χ0v) is 19.9. The molecule has 0 radical (unpaired) electrons. The Hall–Kier alpha value is -4.33. The number of ether oxygens (including phenoxy) is 2. The van der Waals surface area contributed by atoms with Gasteiger partial charge in [0.2, 0.25) is 11.8 Å². The third-order valence-corrected chi connectivity index (χ3v) is 6.41. The fourth-order valence-corrected chi connectivity index (χ4v) is 4.46. The highest BCUT2D eigenvalue weighted by Gasteiger charge is 2.36. The number of hydrogen-bond acceptors (Lipinski definition) is 5. The number of fused-ring (bicyclic) bond motifs is 1. The molecule has 2 heterocycles. The van der Waals surface area contributed by atoms with Crippen LogP contribution in [0.2, 0.25) is 0 Å². The van der Waals surface area contributed by atoms with E-state index >= 15 is 0 Å². The van der Waals surface area contributed by atoms with Crippen molar-refractivity contribution in [2.75, 3.05) is 30.0 Å². The molecule has 0 unspecified atom stereocenters. The lowest BCUT2D eigenvalue weighted by Crippen LogP contribution is -2.30. The first kappa shape index (κ1) is 23.4. The highest BCUT2D eigenvalue weighted by atomic mass is 16.6. The van der Waals surface area contributed by atoms with E-state index in [1.165, 1.54) is 0 Å². The van der Waals surface area contributed by atoms with Gasteiger partial charge >= 0.3 is 0 Å². The zero-order chi connectivity index (χ0) is 25.1. The number of amides is 3. The van der Waals surface area contributed by atoms with Crippen LogP contribution in [0, 0.1) is 5.92 Å². The van der Waals surface area contributed by atoms with Crippen molar-refractivity contribution in [3.05, 3.63) is 83.9 Å². The molecule has 2 N–H and O–H groups in total. The molecule has 36 heavy (non-hydrogen) atoms. The summed E-state index contributed by atoms with van der Waals surface area (Å²) in [4.78, 5) is 40.5. The standard InChI is InChI=1S/C28H27N3O5/c1-18(19-7-3-2-4-8-19)29-28(34)22-9-5-6-10-23(22)30-27(33)20-15-26(32)31(17-20)21-11-12-24-25(16-21)36-14-13-35-24/h2-12,16,18,20H,13-15,17H2,1H3,(H,29,34)(H,30,33)/t18-,20-/m1/s1. The SMILES string of the molecule is C[C@@H](NC(=O)c1ccccc1NC(=O)[C@@H]1CC(=O)N(c2ccc3c(c2)OCCO3)C1)c1ccccc1. The van der Waals surface area contributed by atoms with Crippen molar-refractivity contribution in [3.63, 3.8) is 0 Å². The molecule has 2 atom stereocenters. The van der Waals surface area contributed by atoms with E-state index in [-0.39, 0.29) is 36.7 Å². The number of nitrogens with zero attached hydrogens (tertiary/aromatic N) is 1. The summed E-state index contributed by atoms with van der Waals surface area (Å²) in [5.41, 5.74) is 2.41. The third kappa shape index (κ3) is 4.88. The summed E-state index contributed by atoms with van der Waals surface area (Å²) in [6, 6.07) is 21.7. The Morgan fingerprint density at radius 3 is 2.47 bits per heavy atom. The Kier molecular flexibility index (Phi) is 6.58. The van der Waals surface area contributed by atoms with E-state index in [2.05, 4.69) is 10.6 Å². The van der Waals surface area contributed by atoms with Crippen LogP contribution >= 0.6 is 0 Å². The average Bonchev–Trinajstić information content (AvgIpc) is 3.31. The van der Waals surface area contributed by atoms with Gasteiger partial charge in [0.1, 0.15) is 13.2 Å². The van der Waals surface area contributed by atoms with E-state index in [1.54, 1.807) is 47.4 Å². The molecule has 1 fully saturated rings. The molecule has 2 aliphatic heterocycles. The maximum absolute atomic E-state index is 13.1. The quantitative estimate of drug-likeness (QED) is 0.551. The second-order valence-corrected chi connectivity index (χ2v) is 8.87. The average molecular weight is 486 g/mol. The maximum atomic E-state index is 13.1. The van der Waals surface area contributed by atoms with E-state index in [1.807, 2.05) is 37.3 Å². The molecule has 0 spiro atoms. The van der Waals surface area contributed by atoms with E-state index < -0.39 is 5.92 Å². The van der Waals surface area contributed by atoms with E-state index in [0.717, 1.165) is 5.56 Å². The van der Waals surface area contributed by atoms with E-state index in [0.29, 0.717) is 41.7 Å². The molecule has 3 aromatic carbocycles. The first-order valence-electron chi connectivity index (χ1n) is 12.0. The lowest BCUT2D eigenvalue weighted by Gasteiger charge is -2.22. The largest absolute Gasteiger partial charge is 0.486 e. The number of carbonyl (C=O) groups is 3. The molecule has 5 rings (SSSR count). The van der Waals surface area contributed by atoms with Gasteiger partial charge in [-0.3, -0.25) is 14.4 Å². The van der Waals surface area contributed by atoms with Crippen molar-refractivity contribution in [2.45, 2.75) is 19.4 Å². The van der Waals surface area contributed by atoms with Crippen LogP contribution in [0.25, 0.3) is 0 Å². The highest BCUT2D eigenvalue weighted by molar-refractivity contribution is 6.07.